The molecule has 134 valence electrons. The Bertz CT molecular complexity index is 780. The molecule has 1 aromatic carbocycles. The van der Waals surface area contributed by atoms with Gasteiger partial charge in [-0.3, -0.25) is 4.90 Å². The minimum absolute atomic E-state index is 0.481. The van der Waals surface area contributed by atoms with Crippen LogP contribution in [-0.2, 0) is 25.8 Å². The SMILES string of the molecule is COc1ccc(OC)c2c1C[C@H]1c3cc(CC(C)C)sc3CCN1C2. The van der Waals surface area contributed by atoms with Crippen LogP contribution in [-0.4, -0.2) is 25.7 Å². The Morgan fingerprint density at radius 1 is 1.16 bits per heavy atom. The Hall–Kier alpha value is -1.52. The second-order valence-electron chi connectivity index (χ2n) is 7.56. The summed E-state index contributed by atoms with van der Waals surface area (Å²) in [5.74, 6) is 2.71. The molecule has 0 fully saturated rings. The van der Waals surface area contributed by atoms with Crippen molar-refractivity contribution in [3.8, 4) is 11.5 Å². The molecule has 2 aliphatic rings. The lowest BCUT2D eigenvalue weighted by Gasteiger charge is -2.41. The van der Waals surface area contributed by atoms with Gasteiger partial charge in [0, 0.05) is 40.0 Å². The lowest BCUT2D eigenvalue weighted by molar-refractivity contribution is 0.158. The third kappa shape index (κ3) is 2.96. The Morgan fingerprint density at radius 2 is 1.88 bits per heavy atom. The molecule has 3 nitrogen and oxygen atoms in total. The first-order valence-corrected chi connectivity index (χ1v) is 10.0. The maximum absolute atomic E-state index is 5.67. The highest BCUT2D eigenvalue weighted by Crippen LogP contribution is 2.45. The molecule has 0 N–H and O–H groups in total. The normalized spacial score (nSPS) is 19.3. The Balaban J connectivity index is 1.72. The average molecular weight is 358 g/mol. The van der Waals surface area contributed by atoms with E-state index in [1.165, 1.54) is 24.0 Å². The summed E-state index contributed by atoms with van der Waals surface area (Å²) < 4.78 is 11.3. The van der Waals surface area contributed by atoms with Crippen LogP contribution in [0.3, 0.4) is 0 Å². The lowest BCUT2D eigenvalue weighted by atomic mass is 9.86. The molecule has 0 saturated carbocycles. The molecular weight excluding hydrogens is 330 g/mol. The van der Waals surface area contributed by atoms with Crippen LogP contribution in [0.5, 0.6) is 11.5 Å². The highest BCUT2D eigenvalue weighted by molar-refractivity contribution is 7.12. The van der Waals surface area contributed by atoms with Gasteiger partial charge < -0.3 is 9.47 Å². The topological polar surface area (TPSA) is 21.7 Å². The maximum atomic E-state index is 5.67. The smallest absolute Gasteiger partial charge is 0.123 e. The molecule has 0 saturated heterocycles. The molecule has 0 spiro atoms. The van der Waals surface area contributed by atoms with Crippen LogP contribution < -0.4 is 9.47 Å². The molecule has 4 rings (SSSR count). The summed E-state index contributed by atoms with van der Waals surface area (Å²) in [5, 5.41) is 0. The predicted molar refractivity (Wildman–Crippen MR) is 103 cm³/mol. The molecule has 2 aromatic rings. The predicted octanol–water partition coefficient (Wildman–Crippen LogP) is 4.62. The molecule has 3 heterocycles. The van der Waals surface area contributed by atoms with Crippen molar-refractivity contribution in [1.29, 1.82) is 0 Å². The summed E-state index contributed by atoms with van der Waals surface area (Å²) in [6, 6.07) is 7.05. The van der Waals surface area contributed by atoms with E-state index < -0.39 is 0 Å². The van der Waals surface area contributed by atoms with Gasteiger partial charge in [0.15, 0.2) is 0 Å². The highest BCUT2D eigenvalue weighted by atomic mass is 32.1. The van der Waals surface area contributed by atoms with Crippen LogP contribution in [0.2, 0.25) is 0 Å². The number of nitrogens with zero attached hydrogens (tertiary/aromatic N) is 1. The molecule has 2 aliphatic heterocycles. The number of methoxy groups -OCH3 is 2. The summed E-state index contributed by atoms with van der Waals surface area (Å²) in [6.45, 7) is 6.70. The second-order valence-corrected chi connectivity index (χ2v) is 8.78. The molecule has 1 aromatic heterocycles. The first-order valence-electron chi connectivity index (χ1n) is 9.19. The van der Waals surface area contributed by atoms with Gasteiger partial charge >= 0.3 is 0 Å². The van der Waals surface area contributed by atoms with Crippen molar-refractivity contribution in [3.05, 3.63) is 44.6 Å². The van der Waals surface area contributed by atoms with Gasteiger partial charge in [-0.1, -0.05) is 13.8 Å². The van der Waals surface area contributed by atoms with E-state index in [9.17, 15) is 0 Å². The molecule has 0 bridgehead atoms. The number of fused-ring (bicyclic) bond motifs is 4. The zero-order valence-corrected chi connectivity index (χ0v) is 16.4. The van der Waals surface area contributed by atoms with Crippen LogP contribution in [0.25, 0.3) is 0 Å². The highest BCUT2D eigenvalue weighted by Gasteiger charge is 2.35. The van der Waals surface area contributed by atoms with Crippen molar-refractivity contribution >= 4 is 11.3 Å². The standard InChI is InChI=1S/C21H27NO2S/c1-13(2)9-14-10-16-18-11-15-17(12-22(18)8-7-21(16)25-14)20(24-4)6-5-19(15)23-3/h5-6,10,13,18H,7-9,11-12H2,1-4H3/t18-/m0/s1. The summed E-state index contributed by atoms with van der Waals surface area (Å²) in [5.41, 5.74) is 4.19. The van der Waals surface area contributed by atoms with E-state index in [-0.39, 0.29) is 0 Å². The van der Waals surface area contributed by atoms with Crippen LogP contribution in [0.4, 0.5) is 0 Å². The van der Waals surface area contributed by atoms with Gasteiger partial charge in [-0.05, 0) is 48.9 Å². The molecule has 0 unspecified atom stereocenters. The van der Waals surface area contributed by atoms with E-state index in [0.717, 1.165) is 31.0 Å². The number of ether oxygens (including phenoxy) is 2. The molecule has 0 amide bonds. The first-order chi connectivity index (χ1) is 12.1. The zero-order chi connectivity index (χ0) is 17.6. The zero-order valence-electron chi connectivity index (χ0n) is 15.6. The Labute approximate surface area is 154 Å². The fraction of sp³-hybridized carbons (Fsp3) is 0.524. The third-order valence-corrected chi connectivity index (χ3v) is 6.70. The number of hydrogen-bond donors (Lipinski definition) is 0. The molecular formula is C21H27NO2S. The van der Waals surface area contributed by atoms with E-state index in [1.54, 1.807) is 29.5 Å². The molecule has 0 radical (unpaired) electrons. The van der Waals surface area contributed by atoms with Gasteiger partial charge in [0.2, 0.25) is 0 Å². The van der Waals surface area contributed by atoms with Crippen LogP contribution in [0.15, 0.2) is 18.2 Å². The molecule has 25 heavy (non-hydrogen) atoms. The van der Waals surface area contributed by atoms with Gasteiger partial charge in [0.1, 0.15) is 11.5 Å². The van der Waals surface area contributed by atoms with Gasteiger partial charge in [-0.15, -0.1) is 11.3 Å². The van der Waals surface area contributed by atoms with Gasteiger partial charge in [-0.25, -0.2) is 0 Å². The number of hydrogen-bond acceptors (Lipinski definition) is 4. The fourth-order valence-electron chi connectivity index (χ4n) is 4.33. The Morgan fingerprint density at radius 3 is 2.56 bits per heavy atom. The van der Waals surface area contributed by atoms with Crippen molar-refractivity contribution in [1.82, 2.24) is 4.90 Å². The molecule has 1 atom stereocenters. The van der Waals surface area contributed by atoms with Crippen LogP contribution in [0.1, 0.15) is 46.3 Å². The van der Waals surface area contributed by atoms with Crippen molar-refractivity contribution in [2.75, 3.05) is 20.8 Å². The van der Waals surface area contributed by atoms with E-state index in [1.807, 2.05) is 17.4 Å². The summed E-state index contributed by atoms with van der Waals surface area (Å²) in [6.07, 6.45) is 3.38. The largest absolute Gasteiger partial charge is 0.496 e. The average Bonchev–Trinajstić information content (AvgIpc) is 3.01. The van der Waals surface area contributed by atoms with Crippen molar-refractivity contribution in [3.63, 3.8) is 0 Å². The monoisotopic (exact) mass is 357 g/mol. The van der Waals surface area contributed by atoms with E-state index in [2.05, 4.69) is 30.9 Å². The van der Waals surface area contributed by atoms with Crippen LogP contribution >= 0.6 is 11.3 Å². The number of thiophene rings is 1. The summed E-state index contributed by atoms with van der Waals surface area (Å²) >= 11 is 2.04. The minimum Gasteiger partial charge on any atom is -0.496 e. The van der Waals surface area contributed by atoms with E-state index >= 15 is 0 Å². The molecule has 0 aliphatic carbocycles. The maximum Gasteiger partial charge on any atom is 0.123 e. The third-order valence-electron chi connectivity index (χ3n) is 5.47. The number of benzene rings is 1. The van der Waals surface area contributed by atoms with E-state index in [4.69, 9.17) is 9.47 Å². The van der Waals surface area contributed by atoms with Crippen molar-refractivity contribution < 1.29 is 9.47 Å². The van der Waals surface area contributed by atoms with Gasteiger partial charge in [0.05, 0.1) is 14.2 Å². The summed E-state index contributed by atoms with van der Waals surface area (Å²) in [4.78, 5) is 5.77. The lowest BCUT2D eigenvalue weighted by Crippen LogP contribution is -2.39. The molecule has 4 heteroatoms. The number of rotatable bonds is 4. The Kier molecular flexibility index (Phi) is 4.50. The first kappa shape index (κ1) is 16.9. The van der Waals surface area contributed by atoms with Gasteiger partial charge in [0.25, 0.3) is 0 Å². The van der Waals surface area contributed by atoms with Crippen LogP contribution in [0, 0.1) is 5.92 Å². The fourth-order valence-corrected chi connectivity index (χ4v) is 5.76. The quantitative estimate of drug-likeness (QED) is 0.797. The van der Waals surface area contributed by atoms with E-state index in [0.29, 0.717) is 12.0 Å². The second kappa shape index (κ2) is 6.65. The van der Waals surface area contributed by atoms with Gasteiger partial charge in [-0.2, -0.15) is 0 Å². The summed E-state index contributed by atoms with van der Waals surface area (Å²) in [7, 11) is 3.53. The minimum atomic E-state index is 0.481. The van der Waals surface area contributed by atoms with Crippen molar-refractivity contribution in [2.24, 2.45) is 5.92 Å². The van der Waals surface area contributed by atoms with Crippen molar-refractivity contribution in [2.45, 2.75) is 45.7 Å².